The van der Waals surface area contributed by atoms with E-state index in [9.17, 15) is 22.8 Å². The van der Waals surface area contributed by atoms with Crippen LogP contribution in [0.15, 0.2) is 35.9 Å². The molecular formula is C29H36F3NO2. The van der Waals surface area contributed by atoms with Gasteiger partial charge in [-0.1, -0.05) is 26.3 Å². The van der Waals surface area contributed by atoms with Gasteiger partial charge in [0.25, 0.3) is 0 Å². The van der Waals surface area contributed by atoms with Crippen LogP contribution in [0.2, 0.25) is 0 Å². The molecule has 190 valence electrons. The third kappa shape index (κ3) is 3.95. The SMILES string of the molecule is CC[C@H]1C[C@H]2[C@@H]3CC[C@H](C(=O)Nc4ccc(C(F)(F)F)cc4)[C@@]3(C)CC[C@@H]2[C@@]2(C)CCC(=O)C=C12. The third-order valence-electron chi connectivity index (χ3n) is 10.4. The molecule has 0 saturated heterocycles. The fraction of sp³-hybridized carbons (Fsp3) is 0.655. The second kappa shape index (κ2) is 8.48. The van der Waals surface area contributed by atoms with Crippen molar-refractivity contribution in [2.24, 2.45) is 40.4 Å². The molecule has 3 nitrogen and oxygen atoms in total. The number of allylic oxidation sites excluding steroid dienone is 1. The molecule has 1 aromatic carbocycles. The van der Waals surface area contributed by atoms with E-state index in [1.165, 1.54) is 17.7 Å². The van der Waals surface area contributed by atoms with Gasteiger partial charge in [-0.3, -0.25) is 9.59 Å². The normalized spacial score (nSPS) is 38.7. The molecule has 0 radical (unpaired) electrons. The Hall–Kier alpha value is -2.11. The van der Waals surface area contributed by atoms with Crippen molar-refractivity contribution in [1.82, 2.24) is 0 Å². The summed E-state index contributed by atoms with van der Waals surface area (Å²) in [5, 5.41) is 2.92. The number of hydrogen-bond donors (Lipinski definition) is 1. The van der Waals surface area contributed by atoms with Crippen LogP contribution in [0.4, 0.5) is 18.9 Å². The highest BCUT2D eigenvalue weighted by molar-refractivity contribution is 5.93. The van der Waals surface area contributed by atoms with Gasteiger partial charge in [-0.15, -0.1) is 0 Å². The summed E-state index contributed by atoms with van der Waals surface area (Å²) in [5.41, 5.74) is 1.07. The zero-order valence-electron chi connectivity index (χ0n) is 20.9. The van der Waals surface area contributed by atoms with E-state index < -0.39 is 11.7 Å². The van der Waals surface area contributed by atoms with E-state index in [1.807, 2.05) is 6.08 Å². The highest BCUT2D eigenvalue weighted by Crippen LogP contribution is 2.67. The van der Waals surface area contributed by atoms with Crippen LogP contribution in [-0.4, -0.2) is 11.7 Å². The van der Waals surface area contributed by atoms with Gasteiger partial charge in [0.15, 0.2) is 5.78 Å². The fourth-order valence-electron chi connectivity index (χ4n) is 8.57. The van der Waals surface area contributed by atoms with Crippen LogP contribution in [0.1, 0.15) is 77.7 Å². The number of halogens is 3. The molecule has 1 amide bonds. The highest BCUT2D eigenvalue weighted by Gasteiger charge is 2.61. The summed E-state index contributed by atoms with van der Waals surface area (Å²) in [6, 6.07) is 4.73. The second-order valence-electron chi connectivity index (χ2n) is 11.9. The van der Waals surface area contributed by atoms with E-state index in [4.69, 9.17) is 0 Å². The lowest BCUT2D eigenvalue weighted by atomic mass is 9.45. The number of fused-ring (bicyclic) bond motifs is 5. The minimum atomic E-state index is -4.39. The molecule has 0 spiro atoms. The number of hydrogen-bond acceptors (Lipinski definition) is 2. The van der Waals surface area contributed by atoms with Gasteiger partial charge in [-0.2, -0.15) is 13.2 Å². The third-order valence-corrected chi connectivity index (χ3v) is 10.4. The first-order valence-electron chi connectivity index (χ1n) is 13.2. The Morgan fingerprint density at radius 2 is 1.77 bits per heavy atom. The first kappa shape index (κ1) is 24.6. The van der Waals surface area contributed by atoms with Gasteiger partial charge >= 0.3 is 6.18 Å². The Bertz CT molecular complexity index is 1050. The highest BCUT2D eigenvalue weighted by atomic mass is 19.4. The molecule has 7 atom stereocenters. The van der Waals surface area contributed by atoms with Crippen molar-refractivity contribution >= 4 is 17.4 Å². The van der Waals surface area contributed by atoms with Crippen LogP contribution in [0, 0.1) is 40.4 Å². The van der Waals surface area contributed by atoms with Gasteiger partial charge in [0.05, 0.1) is 5.56 Å². The average molecular weight is 488 g/mol. The predicted octanol–water partition coefficient (Wildman–Crippen LogP) is 7.43. The van der Waals surface area contributed by atoms with Gasteiger partial charge in [-0.05, 0) is 110 Å². The van der Waals surface area contributed by atoms with E-state index in [1.54, 1.807) is 0 Å². The topological polar surface area (TPSA) is 46.2 Å². The first-order chi connectivity index (χ1) is 16.5. The maximum Gasteiger partial charge on any atom is 0.416 e. The van der Waals surface area contributed by atoms with Crippen molar-refractivity contribution in [2.45, 2.75) is 78.3 Å². The predicted molar refractivity (Wildman–Crippen MR) is 129 cm³/mol. The number of ketones is 1. The van der Waals surface area contributed by atoms with Gasteiger partial charge in [0.2, 0.25) is 5.91 Å². The van der Waals surface area contributed by atoms with Gasteiger partial charge in [-0.25, -0.2) is 0 Å². The van der Waals surface area contributed by atoms with Crippen molar-refractivity contribution in [3.8, 4) is 0 Å². The van der Waals surface area contributed by atoms with Crippen molar-refractivity contribution < 1.29 is 22.8 Å². The van der Waals surface area contributed by atoms with E-state index in [2.05, 4.69) is 26.1 Å². The Balaban J connectivity index is 1.36. The molecule has 1 N–H and O–H groups in total. The largest absolute Gasteiger partial charge is 0.416 e. The zero-order valence-corrected chi connectivity index (χ0v) is 20.9. The molecule has 0 unspecified atom stereocenters. The lowest BCUT2D eigenvalue weighted by molar-refractivity contribution is -0.137. The van der Waals surface area contributed by atoms with E-state index in [0.717, 1.165) is 57.1 Å². The number of carbonyl (C=O) groups is 2. The summed E-state index contributed by atoms with van der Waals surface area (Å²) in [6.07, 6.45) is 5.20. The van der Waals surface area contributed by atoms with E-state index in [0.29, 0.717) is 35.8 Å². The molecule has 3 fully saturated rings. The fourth-order valence-corrected chi connectivity index (χ4v) is 8.57. The molecule has 4 aliphatic rings. The number of rotatable bonds is 3. The second-order valence-corrected chi connectivity index (χ2v) is 11.9. The van der Waals surface area contributed by atoms with Gasteiger partial charge in [0, 0.05) is 18.0 Å². The molecule has 35 heavy (non-hydrogen) atoms. The Labute approximate surface area is 205 Å². The summed E-state index contributed by atoms with van der Waals surface area (Å²) in [6.45, 7) is 6.89. The van der Waals surface area contributed by atoms with Crippen molar-refractivity contribution in [2.75, 3.05) is 5.32 Å². The number of carbonyl (C=O) groups excluding carboxylic acids is 2. The molecule has 0 aliphatic heterocycles. The maximum atomic E-state index is 13.4. The van der Waals surface area contributed by atoms with Crippen LogP contribution in [-0.2, 0) is 15.8 Å². The molecule has 0 bridgehead atoms. The van der Waals surface area contributed by atoms with Crippen LogP contribution in [0.25, 0.3) is 0 Å². The number of benzene rings is 1. The van der Waals surface area contributed by atoms with Crippen LogP contribution in [0.5, 0.6) is 0 Å². The van der Waals surface area contributed by atoms with Crippen LogP contribution >= 0.6 is 0 Å². The van der Waals surface area contributed by atoms with Gasteiger partial charge < -0.3 is 5.32 Å². The summed E-state index contributed by atoms with van der Waals surface area (Å²) < 4.78 is 38.7. The Morgan fingerprint density at radius 1 is 1.06 bits per heavy atom. The quantitative estimate of drug-likeness (QED) is 0.482. The zero-order chi connectivity index (χ0) is 25.2. The Kier molecular flexibility index (Phi) is 5.96. The number of anilines is 1. The summed E-state index contributed by atoms with van der Waals surface area (Å²) >= 11 is 0. The summed E-state index contributed by atoms with van der Waals surface area (Å²) in [7, 11) is 0. The van der Waals surface area contributed by atoms with Gasteiger partial charge in [0.1, 0.15) is 0 Å². The molecule has 5 rings (SSSR count). The molecular weight excluding hydrogens is 451 g/mol. The van der Waals surface area contributed by atoms with Crippen molar-refractivity contribution in [3.63, 3.8) is 0 Å². The lowest BCUT2D eigenvalue weighted by Crippen LogP contribution is -2.53. The molecule has 3 saturated carbocycles. The Morgan fingerprint density at radius 3 is 2.43 bits per heavy atom. The monoisotopic (exact) mass is 487 g/mol. The summed E-state index contributed by atoms with van der Waals surface area (Å²) in [5.74, 6) is 2.09. The average Bonchev–Trinajstić information content (AvgIpc) is 3.16. The van der Waals surface area contributed by atoms with E-state index >= 15 is 0 Å². The number of nitrogens with one attached hydrogen (secondary N) is 1. The standard InChI is InChI=1S/C29H36F3NO2/c1-4-17-15-21-22-9-10-24(26(35)33-19-7-5-18(6-8-19)29(30,31)32)27(22,2)14-12-23(21)28(3)13-11-20(34)16-25(17)28/h5-8,16-17,21-24H,4,9-15H2,1-3H3,(H,33,35)/t17-,21-,22-,23-,24+,27-,28+/m0/s1. The number of amides is 1. The molecule has 6 heteroatoms. The smallest absolute Gasteiger partial charge is 0.326 e. The molecule has 1 aromatic rings. The molecule has 0 heterocycles. The van der Waals surface area contributed by atoms with E-state index in [-0.39, 0.29) is 28.4 Å². The van der Waals surface area contributed by atoms with Crippen LogP contribution < -0.4 is 5.32 Å². The van der Waals surface area contributed by atoms with Crippen LogP contribution in [0.3, 0.4) is 0 Å². The van der Waals surface area contributed by atoms with Crippen molar-refractivity contribution in [1.29, 1.82) is 0 Å². The number of alkyl halides is 3. The lowest BCUT2D eigenvalue weighted by Gasteiger charge is -2.59. The first-order valence-corrected chi connectivity index (χ1v) is 13.2. The summed E-state index contributed by atoms with van der Waals surface area (Å²) in [4.78, 5) is 25.7. The molecule has 0 aromatic heterocycles. The minimum Gasteiger partial charge on any atom is -0.326 e. The minimum absolute atomic E-state index is 0.0638. The van der Waals surface area contributed by atoms with Crippen molar-refractivity contribution in [3.05, 3.63) is 41.5 Å². The molecule has 4 aliphatic carbocycles. The maximum absolute atomic E-state index is 13.4.